The zero-order valence-corrected chi connectivity index (χ0v) is 29.1. The van der Waals surface area contributed by atoms with Gasteiger partial charge in [-0.1, -0.05) is 67.6 Å². The van der Waals surface area contributed by atoms with Crippen LogP contribution in [0.15, 0.2) is 29.8 Å². The molecule has 1 saturated heterocycles. The number of nitrogens with zero attached hydrogens (tertiary/aromatic N) is 2. The largest absolute Gasteiger partial charge is 0.391 e. The lowest BCUT2D eigenvalue weighted by Crippen LogP contribution is -2.58. The first-order valence-corrected chi connectivity index (χ1v) is 17.2. The second-order valence-electron chi connectivity index (χ2n) is 11.8. The van der Waals surface area contributed by atoms with Gasteiger partial charge in [0.1, 0.15) is 18.7 Å². The van der Waals surface area contributed by atoms with Crippen LogP contribution in [0.4, 0.5) is 0 Å². The normalized spacial score (nSPS) is 18.2. The lowest BCUT2D eigenvalue weighted by molar-refractivity contribution is -0.144. The minimum absolute atomic E-state index is 0.00599. The van der Waals surface area contributed by atoms with E-state index in [-0.39, 0.29) is 38.1 Å². The number of ether oxygens (including phenoxy) is 3. The molecule has 3 amide bonds. The number of aromatic nitrogens is 1. The number of aryl methyl sites for hydroxylation is 1. The molecule has 0 bridgehead atoms. The molecule has 3 rings (SSSR count). The van der Waals surface area contributed by atoms with Gasteiger partial charge < -0.3 is 34.9 Å². The second-order valence-corrected chi connectivity index (χ2v) is 13.8. The molecule has 3 N–H and O–H groups in total. The Hall–Kier alpha value is -2.17. The summed E-state index contributed by atoms with van der Waals surface area (Å²) in [5.41, 5.74) is 4.10. The van der Waals surface area contributed by atoms with Gasteiger partial charge in [0.2, 0.25) is 17.7 Å². The molecular formula is C31H45IN4O7S. The van der Waals surface area contributed by atoms with Gasteiger partial charge in [0.25, 0.3) is 0 Å². The third kappa shape index (κ3) is 10.7. The first-order chi connectivity index (χ1) is 20.9. The summed E-state index contributed by atoms with van der Waals surface area (Å²) >= 11 is 3.82. The van der Waals surface area contributed by atoms with Gasteiger partial charge in [0.05, 0.1) is 61.3 Å². The van der Waals surface area contributed by atoms with Crippen molar-refractivity contribution in [3.63, 3.8) is 0 Å². The molecule has 4 atom stereocenters. The van der Waals surface area contributed by atoms with Gasteiger partial charge in [-0.3, -0.25) is 14.4 Å². The topological polar surface area (TPSA) is 139 Å². The molecule has 13 heteroatoms. The van der Waals surface area contributed by atoms with Crippen LogP contribution in [0.2, 0.25) is 0 Å². The van der Waals surface area contributed by atoms with Gasteiger partial charge in [-0.2, -0.15) is 0 Å². The Balaban J connectivity index is 1.56. The highest BCUT2D eigenvalue weighted by Crippen LogP contribution is 2.29. The summed E-state index contributed by atoms with van der Waals surface area (Å²) in [6, 6.07) is 5.83. The van der Waals surface area contributed by atoms with Crippen LogP contribution in [0.5, 0.6) is 0 Å². The molecule has 1 aliphatic heterocycles. The summed E-state index contributed by atoms with van der Waals surface area (Å²) in [6.45, 7) is 11.3. The third-order valence-corrected chi connectivity index (χ3v) is 8.68. The van der Waals surface area contributed by atoms with Crippen LogP contribution in [-0.2, 0) is 28.6 Å². The molecule has 0 spiro atoms. The van der Waals surface area contributed by atoms with Gasteiger partial charge >= 0.3 is 0 Å². The SMILES string of the molecule is Cc1ncsc1-c1ccc(C(C)NC(=O)C2CC(O)CN2C(=O)C(NC(=O)COCCOCCOCCI)C(C)(C)C)cc1. The van der Waals surface area contributed by atoms with Crippen molar-refractivity contribution in [1.29, 1.82) is 0 Å². The average molecular weight is 745 g/mol. The summed E-state index contributed by atoms with van der Waals surface area (Å²) in [6.07, 6.45) is -0.733. The van der Waals surface area contributed by atoms with Crippen LogP contribution in [-0.4, -0.2) is 102 Å². The molecule has 244 valence electrons. The predicted molar refractivity (Wildman–Crippen MR) is 178 cm³/mol. The van der Waals surface area contributed by atoms with Crippen molar-refractivity contribution in [3.8, 4) is 10.4 Å². The van der Waals surface area contributed by atoms with Gasteiger partial charge in [-0.15, -0.1) is 11.3 Å². The number of likely N-dealkylation sites (tertiary alicyclic amines) is 1. The van der Waals surface area contributed by atoms with Gasteiger partial charge in [0, 0.05) is 17.4 Å². The fourth-order valence-corrected chi connectivity index (χ4v) is 6.00. The van der Waals surface area contributed by atoms with E-state index in [0.29, 0.717) is 26.4 Å². The summed E-state index contributed by atoms with van der Waals surface area (Å²) in [5.74, 6) is -1.23. The molecule has 0 saturated carbocycles. The number of benzene rings is 1. The molecule has 2 aromatic rings. The van der Waals surface area contributed by atoms with Crippen molar-refractivity contribution in [2.45, 2.75) is 65.3 Å². The zero-order valence-electron chi connectivity index (χ0n) is 26.1. The number of rotatable bonds is 16. The lowest BCUT2D eigenvalue weighted by atomic mass is 9.85. The van der Waals surface area contributed by atoms with E-state index < -0.39 is 35.4 Å². The summed E-state index contributed by atoms with van der Waals surface area (Å²) in [7, 11) is 0. The van der Waals surface area contributed by atoms with Gasteiger partial charge in [-0.05, 0) is 30.4 Å². The van der Waals surface area contributed by atoms with Crippen molar-refractivity contribution in [2.24, 2.45) is 5.41 Å². The fraction of sp³-hybridized carbons (Fsp3) is 0.613. The fourth-order valence-electron chi connectivity index (χ4n) is 4.88. The Morgan fingerprint density at radius 2 is 1.70 bits per heavy atom. The number of aliphatic hydroxyl groups excluding tert-OH is 1. The number of hydrogen-bond acceptors (Lipinski definition) is 9. The molecule has 11 nitrogen and oxygen atoms in total. The highest BCUT2D eigenvalue weighted by Gasteiger charge is 2.44. The molecule has 0 aliphatic carbocycles. The van der Waals surface area contributed by atoms with Crippen LogP contribution in [0.1, 0.15) is 51.4 Å². The van der Waals surface area contributed by atoms with Crippen molar-refractivity contribution in [1.82, 2.24) is 20.5 Å². The summed E-state index contributed by atoms with van der Waals surface area (Å²) in [5, 5.41) is 16.3. The number of amides is 3. The predicted octanol–water partition coefficient (Wildman–Crippen LogP) is 3.27. The molecule has 1 aromatic heterocycles. The number of thiazole rings is 1. The zero-order chi connectivity index (χ0) is 32.3. The van der Waals surface area contributed by atoms with E-state index in [9.17, 15) is 19.5 Å². The molecule has 4 unspecified atom stereocenters. The van der Waals surface area contributed by atoms with Gasteiger partial charge in [0.15, 0.2) is 0 Å². The Labute approximate surface area is 277 Å². The number of hydrogen-bond donors (Lipinski definition) is 3. The number of carbonyl (C=O) groups excluding carboxylic acids is 3. The maximum absolute atomic E-state index is 13.8. The van der Waals surface area contributed by atoms with E-state index in [2.05, 4.69) is 38.2 Å². The van der Waals surface area contributed by atoms with Crippen molar-refractivity contribution >= 4 is 51.6 Å². The van der Waals surface area contributed by atoms with Crippen LogP contribution < -0.4 is 10.6 Å². The van der Waals surface area contributed by atoms with Crippen LogP contribution in [0, 0.1) is 12.3 Å². The quantitative estimate of drug-likeness (QED) is 0.135. The van der Waals surface area contributed by atoms with Crippen molar-refractivity contribution < 1.29 is 33.7 Å². The van der Waals surface area contributed by atoms with Crippen LogP contribution in [0.25, 0.3) is 10.4 Å². The smallest absolute Gasteiger partial charge is 0.246 e. The minimum Gasteiger partial charge on any atom is -0.391 e. The number of halogens is 1. The molecule has 44 heavy (non-hydrogen) atoms. The summed E-state index contributed by atoms with van der Waals surface area (Å²) < 4.78 is 17.1. The molecule has 1 aliphatic rings. The number of aliphatic hydroxyl groups is 1. The Bertz CT molecular complexity index is 1220. The number of carbonyl (C=O) groups is 3. The Kier molecular flexibility index (Phi) is 14.4. The molecule has 1 fully saturated rings. The van der Waals surface area contributed by atoms with E-state index in [1.807, 2.05) is 64.4 Å². The summed E-state index contributed by atoms with van der Waals surface area (Å²) in [4.78, 5) is 46.7. The van der Waals surface area contributed by atoms with E-state index in [1.165, 1.54) is 4.90 Å². The monoisotopic (exact) mass is 744 g/mol. The molecule has 1 aromatic carbocycles. The average Bonchev–Trinajstić information content (AvgIpc) is 3.59. The van der Waals surface area contributed by atoms with E-state index >= 15 is 0 Å². The highest BCUT2D eigenvalue weighted by molar-refractivity contribution is 14.1. The molecule has 2 heterocycles. The highest BCUT2D eigenvalue weighted by atomic mass is 127. The second kappa shape index (κ2) is 17.5. The Morgan fingerprint density at radius 3 is 2.30 bits per heavy atom. The number of alkyl halides is 1. The van der Waals surface area contributed by atoms with E-state index in [4.69, 9.17) is 14.2 Å². The standard InChI is InChI=1S/C31H45IN4O7S/c1-20(22-6-8-23(9-7-22)27-21(2)33-19-44-27)34-29(39)25-16-24(37)17-36(25)30(40)28(31(3,4)5)35-26(38)18-43-15-14-42-13-12-41-11-10-32/h6-9,19-20,24-25,28,37H,10-18H2,1-5H3,(H,34,39)(H,35,38). The van der Waals surface area contributed by atoms with Crippen LogP contribution in [0.3, 0.4) is 0 Å². The van der Waals surface area contributed by atoms with Crippen molar-refractivity contribution in [2.75, 3.05) is 50.6 Å². The first-order valence-electron chi connectivity index (χ1n) is 14.8. The molecule has 0 radical (unpaired) electrons. The number of nitrogens with one attached hydrogen (secondary N) is 2. The maximum atomic E-state index is 13.8. The third-order valence-electron chi connectivity index (χ3n) is 7.26. The Morgan fingerprint density at radius 1 is 1.07 bits per heavy atom. The number of β-amino-alcohol motifs (C(OH)–C–C–N with tert-alkyl or cyclic N) is 1. The van der Waals surface area contributed by atoms with Gasteiger partial charge in [-0.25, -0.2) is 4.98 Å². The van der Waals surface area contributed by atoms with Crippen LogP contribution >= 0.6 is 33.9 Å². The first kappa shape index (κ1) is 36.3. The van der Waals surface area contributed by atoms with Crippen molar-refractivity contribution in [3.05, 3.63) is 41.0 Å². The molecular weight excluding hydrogens is 699 g/mol. The maximum Gasteiger partial charge on any atom is 0.246 e. The van der Waals surface area contributed by atoms with E-state index in [1.54, 1.807) is 11.3 Å². The minimum atomic E-state index is -0.925. The van der Waals surface area contributed by atoms with E-state index in [0.717, 1.165) is 26.1 Å². The lowest BCUT2D eigenvalue weighted by Gasteiger charge is -2.35.